The molecular weight excluding hydrogens is 462 g/mol. The molecule has 4 aliphatic carbocycles. The number of esters is 2. The van der Waals surface area contributed by atoms with Gasteiger partial charge < -0.3 is 9.47 Å². The first-order valence-electron chi connectivity index (χ1n) is 15.0. The molecule has 0 saturated heterocycles. The van der Waals surface area contributed by atoms with Crippen molar-refractivity contribution in [2.75, 3.05) is 0 Å². The molecule has 5 nitrogen and oxygen atoms in total. The van der Waals surface area contributed by atoms with Crippen LogP contribution in [-0.4, -0.2) is 24.1 Å². The molecule has 0 amide bonds. The molecule has 0 heterocycles. The molecule has 0 aromatic heterocycles. The Morgan fingerprint density at radius 1 is 1.00 bits per heavy atom. The monoisotopic (exact) mass is 511 g/mol. The van der Waals surface area contributed by atoms with Crippen LogP contribution >= 0.6 is 0 Å². The summed E-state index contributed by atoms with van der Waals surface area (Å²) in [5, 5.41) is 8.84. The molecule has 0 spiro atoms. The maximum atomic E-state index is 12.5. The molecule has 0 N–H and O–H groups in total. The minimum Gasteiger partial charge on any atom is -0.463 e. The third-order valence-corrected chi connectivity index (χ3v) is 11.7. The van der Waals surface area contributed by atoms with Crippen LogP contribution in [0.2, 0.25) is 0 Å². The zero-order chi connectivity index (χ0) is 27.0. The van der Waals surface area contributed by atoms with Crippen molar-refractivity contribution >= 4 is 11.9 Å². The zero-order valence-electron chi connectivity index (χ0n) is 24.0. The van der Waals surface area contributed by atoms with E-state index in [0.29, 0.717) is 41.4 Å². The predicted octanol–water partition coefficient (Wildman–Crippen LogP) is 7.25. The van der Waals surface area contributed by atoms with E-state index in [-0.39, 0.29) is 35.0 Å². The maximum absolute atomic E-state index is 12.5. The first kappa shape index (κ1) is 28.2. The summed E-state index contributed by atoms with van der Waals surface area (Å²) in [6.07, 6.45) is 14.5. The largest absolute Gasteiger partial charge is 0.463 e. The van der Waals surface area contributed by atoms with Gasteiger partial charge >= 0.3 is 11.9 Å². The van der Waals surface area contributed by atoms with Crippen molar-refractivity contribution in [1.82, 2.24) is 0 Å². The van der Waals surface area contributed by atoms with Gasteiger partial charge in [-0.15, -0.1) is 0 Å². The molecule has 4 saturated carbocycles. The number of hydrogen-bond donors (Lipinski definition) is 0. The highest BCUT2D eigenvalue weighted by Gasteiger charge is 2.66. The highest BCUT2D eigenvalue weighted by Crippen LogP contribution is 2.70. The minimum absolute atomic E-state index is 0.0141. The second kappa shape index (κ2) is 11.1. The summed E-state index contributed by atoms with van der Waals surface area (Å²) < 4.78 is 12.1. The van der Waals surface area contributed by atoms with Crippen LogP contribution in [0.4, 0.5) is 0 Å². The van der Waals surface area contributed by atoms with E-state index in [1.165, 1.54) is 32.6 Å². The summed E-state index contributed by atoms with van der Waals surface area (Å²) in [5.74, 6) is 3.22. The quantitative estimate of drug-likeness (QED) is 0.266. The number of ether oxygens (including phenoxy) is 2. The third-order valence-electron chi connectivity index (χ3n) is 11.7. The van der Waals surface area contributed by atoms with Gasteiger partial charge in [-0.3, -0.25) is 9.59 Å². The molecule has 0 radical (unpaired) electrons. The molecular formula is C32H49NO4. The molecule has 4 aliphatic rings. The minimum atomic E-state index is -0.186. The lowest BCUT2D eigenvalue weighted by Crippen LogP contribution is -2.63. The van der Waals surface area contributed by atoms with E-state index in [1.807, 2.05) is 6.08 Å². The van der Waals surface area contributed by atoms with Crippen LogP contribution in [0.15, 0.2) is 12.2 Å². The van der Waals surface area contributed by atoms with E-state index in [9.17, 15) is 9.59 Å². The van der Waals surface area contributed by atoms with E-state index < -0.39 is 0 Å². The van der Waals surface area contributed by atoms with Gasteiger partial charge in [0, 0.05) is 25.8 Å². The summed E-state index contributed by atoms with van der Waals surface area (Å²) >= 11 is 0. The predicted molar refractivity (Wildman–Crippen MR) is 144 cm³/mol. The molecule has 0 aromatic rings. The van der Waals surface area contributed by atoms with Crippen molar-refractivity contribution in [3.05, 3.63) is 12.2 Å². The van der Waals surface area contributed by atoms with Crippen LogP contribution in [0.25, 0.3) is 0 Å². The van der Waals surface area contributed by atoms with Gasteiger partial charge in [0.25, 0.3) is 0 Å². The number of allylic oxidation sites excluding steroid dienone is 2. The average molecular weight is 512 g/mol. The average Bonchev–Trinajstić information content (AvgIpc) is 3.19. The lowest BCUT2D eigenvalue weighted by Gasteiger charge is -2.65. The molecule has 37 heavy (non-hydrogen) atoms. The fourth-order valence-electron chi connectivity index (χ4n) is 10.3. The smallest absolute Gasteiger partial charge is 0.302 e. The summed E-state index contributed by atoms with van der Waals surface area (Å²) in [6.45, 7) is 12.8. The zero-order valence-corrected chi connectivity index (χ0v) is 24.0. The molecule has 4 unspecified atom stereocenters. The van der Waals surface area contributed by atoms with Gasteiger partial charge in [-0.2, -0.15) is 5.26 Å². The topological polar surface area (TPSA) is 76.4 Å². The lowest BCUT2D eigenvalue weighted by atomic mass is 9.41. The SMILES string of the molecule is CC[C@@H]1C2C[C@H](OC(C)=O)CC[C@@]2(C)[C@H]2CCC3(C)C([C@H](C)CC/C=C/C#N)CC[C@H]3C2[C@@H]1OC(C)=O. The molecule has 0 bridgehead atoms. The first-order valence-corrected chi connectivity index (χ1v) is 15.0. The van der Waals surface area contributed by atoms with Gasteiger partial charge in [0.05, 0.1) is 6.07 Å². The molecule has 4 fully saturated rings. The van der Waals surface area contributed by atoms with E-state index >= 15 is 0 Å². The van der Waals surface area contributed by atoms with Crippen molar-refractivity contribution in [2.45, 2.75) is 118 Å². The Hall–Kier alpha value is -1.83. The Morgan fingerprint density at radius 3 is 2.32 bits per heavy atom. The molecule has 206 valence electrons. The van der Waals surface area contributed by atoms with Crippen LogP contribution < -0.4 is 0 Å². The number of nitrogens with zero attached hydrogens (tertiary/aromatic N) is 1. The molecule has 4 rings (SSSR count). The lowest BCUT2D eigenvalue weighted by molar-refractivity contribution is -0.219. The van der Waals surface area contributed by atoms with Gasteiger partial charge in [0.2, 0.25) is 0 Å². The number of rotatable bonds is 7. The van der Waals surface area contributed by atoms with Crippen LogP contribution in [0.3, 0.4) is 0 Å². The normalized spacial score (nSPS) is 43.7. The van der Waals surface area contributed by atoms with E-state index in [4.69, 9.17) is 14.7 Å². The van der Waals surface area contributed by atoms with Crippen molar-refractivity contribution in [3.63, 3.8) is 0 Å². The summed E-state index contributed by atoms with van der Waals surface area (Å²) in [4.78, 5) is 24.3. The fourth-order valence-corrected chi connectivity index (χ4v) is 10.3. The van der Waals surface area contributed by atoms with Crippen molar-refractivity contribution in [1.29, 1.82) is 5.26 Å². The van der Waals surface area contributed by atoms with Crippen molar-refractivity contribution in [2.24, 2.45) is 52.3 Å². The number of hydrogen-bond acceptors (Lipinski definition) is 5. The number of carbonyl (C=O) groups excluding carboxylic acids is 2. The number of nitriles is 1. The Bertz CT molecular complexity index is 922. The van der Waals surface area contributed by atoms with Gasteiger partial charge in [-0.05, 0) is 111 Å². The summed E-state index contributed by atoms with van der Waals surface area (Å²) in [6, 6.07) is 2.12. The Balaban J connectivity index is 1.64. The van der Waals surface area contributed by atoms with E-state index in [1.54, 1.807) is 13.0 Å². The van der Waals surface area contributed by atoms with Gasteiger partial charge in [0.1, 0.15) is 12.2 Å². The van der Waals surface area contributed by atoms with Crippen LogP contribution in [0, 0.1) is 63.6 Å². The number of carbonyl (C=O) groups is 2. The number of fused-ring (bicyclic) bond motifs is 5. The molecule has 5 heteroatoms. The van der Waals surface area contributed by atoms with Crippen molar-refractivity contribution < 1.29 is 19.1 Å². The summed E-state index contributed by atoms with van der Waals surface area (Å²) in [5.41, 5.74) is 0.472. The van der Waals surface area contributed by atoms with Gasteiger partial charge in [-0.25, -0.2) is 0 Å². The Morgan fingerprint density at radius 2 is 1.68 bits per heavy atom. The van der Waals surface area contributed by atoms with E-state index in [2.05, 4.69) is 33.8 Å². The molecule has 11 atom stereocenters. The van der Waals surface area contributed by atoms with Crippen LogP contribution in [0.1, 0.15) is 106 Å². The maximum Gasteiger partial charge on any atom is 0.302 e. The first-order chi connectivity index (χ1) is 17.6. The third kappa shape index (κ3) is 5.11. The second-order valence-corrected chi connectivity index (χ2v) is 13.4. The Labute approximate surface area is 224 Å². The second-order valence-electron chi connectivity index (χ2n) is 13.4. The standard InChI is InChI=1S/C32H49NO4/c1-7-24-28-19-23(36-21(3)34)14-16-32(28,6)27-15-17-31(5)25(20(2)11-9-8-10-18-33)12-13-26(31)29(27)30(24)37-22(4)35/h8,10,20,23-30H,7,9,11-17,19H2,1-6H3/b10-8+/t20-,23-,24-,25?,26+,27+,28?,29?,30-,31?,32+/m1/s1. The highest BCUT2D eigenvalue weighted by molar-refractivity contribution is 5.66. The highest BCUT2D eigenvalue weighted by atomic mass is 16.5. The Kier molecular flexibility index (Phi) is 8.46. The van der Waals surface area contributed by atoms with E-state index in [0.717, 1.165) is 38.5 Å². The molecule has 0 aromatic carbocycles. The summed E-state index contributed by atoms with van der Waals surface area (Å²) in [7, 11) is 0. The molecule has 0 aliphatic heterocycles. The van der Waals surface area contributed by atoms with Crippen LogP contribution in [-0.2, 0) is 19.1 Å². The van der Waals surface area contributed by atoms with Crippen LogP contribution in [0.5, 0.6) is 0 Å². The van der Waals surface area contributed by atoms with Gasteiger partial charge in [0.15, 0.2) is 0 Å². The van der Waals surface area contributed by atoms with Gasteiger partial charge in [-0.1, -0.05) is 33.8 Å². The fraction of sp³-hybridized carbons (Fsp3) is 0.844. The van der Waals surface area contributed by atoms with Crippen molar-refractivity contribution in [3.8, 4) is 6.07 Å².